The number of unbranched alkanes of at least 4 members (excludes halogenated alkanes) is 2. The van der Waals surface area contributed by atoms with Crippen LogP contribution in [0.25, 0.3) is 0 Å². The van der Waals surface area contributed by atoms with Crippen LogP contribution < -0.4 is 9.47 Å². The lowest BCUT2D eigenvalue weighted by Gasteiger charge is -2.40. The minimum Gasteiger partial charge on any atom is -0.496 e. The van der Waals surface area contributed by atoms with E-state index in [1.807, 2.05) is 0 Å². The van der Waals surface area contributed by atoms with E-state index in [0.717, 1.165) is 29.9 Å². The van der Waals surface area contributed by atoms with Crippen LogP contribution in [0.5, 0.6) is 11.5 Å². The predicted octanol–water partition coefficient (Wildman–Crippen LogP) is 4.48. The van der Waals surface area contributed by atoms with Gasteiger partial charge >= 0.3 is 0 Å². The Morgan fingerprint density at radius 3 is 2.83 bits per heavy atom. The van der Waals surface area contributed by atoms with Crippen LogP contribution in [0.1, 0.15) is 56.6 Å². The Bertz CT molecular complexity index is 588. The fourth-order valence-electron chi connectivity index (χ4n) is 4.21. The van der Waals surface area contributed by atoms with E-state index in [9.17, 15) is 5.11 Å². The van der Waals surface area contributed by atoms with E-state index in [-0.39, 0.29) is 18.4 Å². The Balaban J connectivity index is 1.99. The third-order valence-corrected chi connectivity index (χ3v) is 5.68. The number of rotatable bonds is 6. The number of hydrogen-bond donors (Lipinski definition) is 1. The zero-order chi connectivity index (χ0) is 17.1. The van der Waals surface area contributed by atoms with Crippen LogP contribution in [0.15, 0.2) is 23.8 Å². The quantitative estimate of drug-likeness (QED) is 0.617. The maximum absolute atomic E-state index is 9.98. The SMILES string of the molecule is CCCCCc1cc(OC)c2c(c1)OCC1=CC[C@H](C)[C@@H](CO)[C@@H]12. The van der Waals surface area contributed by atoms with Crippen molar-refractivity contribution < 1.29 is 14.6 Å². The van der Waals surface area contributed by atoms with E-state index < -0.39 is 0 Å². The van der Waals surface area contributed by atoms with E-state index in [4.69, 9.17) is 9.47 Å². The first-order chi connectivity index (χ1) is 11.7. The number of methoxy groups -OCH3 is 1. The van der Waals surface area contributed by atoms with Crippen molar-refractivity contribution in [2.75, 3.05) is 20.3 Å². The highest BCUT2D eigenvalue weighted by Crippen LogP contribution is 2.51. The number of aryl methyl sites for hydroxylation is 1. The average molecular weight is 330 g/mol. The van der Waals surface area contributed by atoms with Crippen molar-refractivity contribution in [3.05, 3.63) is 34.9 Å². The summed E-state index contributed by atoms with van der Waals surface area (Å²) < 4.78 is 11.8. The summed E-state index contributed by atoms with van der Waals surface area (Å²) in [7, 11) is 1.74. The Labute approximate surface area is 145 Å². The highest BCUT2D eigenvalue weighted by molar-refractivity contribution is 5.55. The summed E-state index contributed by atoms with van der Waals surface area (Å²) in [5, 5.41) is 9.98. The fourth-order valence-corrected chi connectivity index (χ4v) is 4.21. The summed E-state index contributed by atoms with van der Waals surface area (Å²) in [6, 6.07) is 4.37. The van der Waals surface area contributed by atoms with Crippen LogP contribution in [-0.4, -0.2) is 25.4 Å². The molecule has 0 spiro atoms. The van der Waals surface area contributed by atoms with Gasteiger partial charge in [-0.05, 0) is 54.4 Å². The normalized spacial score (nSPS) is 25.3. The molecule has 1 N–H and O–H groups in total. The number of aliphatic hydroxyl groups excluding tert-OH is 1. The predicted molar refractivity (Wildman–Crippen MR) is 96.9 cm³/mol. The van der Waals surface area contributed by atoms with Gasteiger partial charge in [-0.25, -0.2) is 0 Å². The van der Waals surface area contributed by atoms with Gasteiger partial charge in [0.15, 0.2) is 0 Å². The second kappa shape index (κ2) is 7.60. The van der Waals surface area contributed by atoms with Crippen molar-refractivity contribution in [1.29, 1.82) is 0 Å². The van der Waals surface area contributed by atoms with Gasteiger partial charge in [-0.15, -0.1) is 0 Å². The second-order valence-electron chi connectivity index (χ2n) is 7.27. The number of benzene rings is 1. The molecular weight excluding hydrogens is 300 g/mol. The summed E-state index contributed by atoms with van der Waals surface area (Å²) >= 11 is 0. The van der Waals surface area contributed by atoms with Crippen LogP contribution >= 0.6 is 0 Å². The molecule has 3 heteroatoms. The average Bonchev–Trinajstić information content (AvgIpc) is 2.60. The molecule has 1 aliphatic carbocycles. The third-order valence-electron chi connectivity index (χ3n) is 5.68. The van der Waals surface area contributed by atoms with E-state index in [1.165, 1.54) is 30.4 Å². The zero-order valence-electron chi connectivity index (χ0n) is 15.2. The van der Waals surface area contributed by atoms with Gasteiger partial charge in [0.25, 0.3) is 0 Å². The molecule has 24 heavy (non-hydrogen) atoms. The Kier molecular flexibility index (Phi) is 5.50. The molecule has 0 aromatic heterocycles. The molecule has 0 saturated carbocycles. The lowest BCUT2D eigenvalue weighted by molar-refractivity contribution is 0.145. The molecule has 132 valence electrons. The number of ether oxygens (including phenoxy) is 2. The molecule has 1 aliphatic heterocycles. The third kappa shape index (κ3) is 3.19. The van der Waals surface area contributed by atoms with Gasteiger partial charge in [0, 0.05) is 18.1 Å². The first-order valence-electron chi connectivity index (χ1n) is 9.33. The molecule has 0 radical (unpaired) electrons. The summed E-state index contributed by atoms with van der Waals surface area (Å²) in [6.07, 6.45) is 8.06. The first-order valence-corrected chi connectivity index (χ1v) is 9.33. The lowest BCUT2D eigenvalue weighted by Crippen LogP contribution is -2.33. The van der Waals surface area contributed by atoms with Crippen LogP contribution in [0.4, 0.5) is 0 Å². The molecule has 2 aliphatic rings. The van der Waals surface area contributed by atoms with Gasteiger partial charge in [-0.1, -0.05) is 32.8 Å². The largest absolute Gasteiger partial charge is 0.496 e. The molecule has 0 unspecified atom stereocenters. The summed E-state index contributed by atoms with van der Waals surface area (Å²) in [4.78, 5) is 0. The first kappa shape index (κ1) is 17.3. The van der Waals surface area contributed by atoms with Crippen LogP contribution in [0, 0.1) is 11.8 Å². The maximum atomic E-state index is 9.98. The molecule has 1 heterocycles. The molecule has 3 atom stereocenters. The number of aliphatic hydroxyl groups is 1. The van der Waals surface area contributed by atoms with E-state index in [0.29, 0.717) is 12.5 Å². The topological polar surface area (TPSA) is 38.7 Å². The van der Waals surface area contributed by atoms with Gasteiger partial charge in [0.1, 0.15) is 18.1 Å². The lowest BCUT2D eigenvalue weighted by atomic mass is 9.68. The second-order valence-corrected chi connectivity index (χ2v) is 7.27. The van der Waals surface area contributed by atoms with Gasteiger partial charge in [0.2, 0.25) is 0 Å². The van der Waals surface area contributed by atoms with Crippen LogP contribution in [-0.2, 0) is 6.42 Å². The summed E-state index contributed by atoms with van der Waals surface area (Å²) in [5.74, 6) is 2.82. The highest BCUT2D eigenvalue weighted by Gasteiger charge is 2.39. The van der Waals surface area contributed by atoms with E-state index in [1.54, 1.807) is 7.11 Å². The molecule has 0 fully saturated rings. The van der Waals surface area contributed by atoms with Gasteiger partial charge in [-0.2, -0.15) is 0 Å². The van der Waals surface area contributed by atoms with Crippen molar-refractivity contribution in [2.24, 2.45) is 11.8 Å². The van der Waals surface area contributed by atoms with Crippen LogP contribution in [0.2, 0.25) is 0 Å². The van der Waals surface area contributed by atoms with Crippen molar-refractivity contribution in [3.63, 3.8) is 0 Å². The monoisotopic (exact) mass is 330 g/mol. The fraction of sp³-hybridized carbons (Fsp3) is 0.619. The minimum absolute atomic E-state index is 0.212. The molecule has 1 aromatic carbocycles. The van der Waals surface area contributed by atoms with Gasteiger partial charge < -0.3 is 14.6 Å². The molecule has 1 aromatic rings. The maximum Gasteiger partial charge on any atom is 0.127 e. The molecule has 0 amide bonds. The van der Waals surface area contributed by atoms with Gasteiger partial charge in [0.05, 0.1) is 7.11 Å². The molecule has 3 rings (SSSR count). The van der Waals surface area contributed by atoms with Gasteiger partial charge in [-0.3, -0.25) is 0 Å². The standard InChI is InChI=1S/C21H30O3/c1-4-5-6-7-15-10-18(23-3)21-19(11-15)24-13-16-9-8-14(2)17(12-22)20(16)21/h9-11,14,17,20,22H,4-8,12-13H2,1-3H3/t14-,17+,20+/m0/s1. The zero-order valence-corrected chi connectivity index (χ0v) is 15.2. The highest BCUT2D eigenvalue weighted by atomic mass is 16.5. The van der Waals surface area contributed by atoms with E-state index >= 15 is 0 Å². The smallest absolute Gasteiger partial charge is 0.127 e. The van der Waals surface area contributed by atoms with Crippen molar-refractivity contribution >= 4 is 0 Å². The summed E-state index contributed by atoms with van der Waals surface area (Å²) in [5.41, 5.74) is 3.73. The Morgan fingerprint density at radius 1 is 1.29 bits per heavy atom. The van der Waals surface area contributed by atoms with Crippen molar-refractivity contribution in [2.45, 2.75) is 51.9 Å². The van der Waals surface area contributed by atoms with E-state index in [2.05, 4.69) is 32.1 Å². The Morgan fingerprint density at radius 2 is 2.12 bits per heavy atom. The van der Waals surface area contributed by atoms with Crippen molar-refractivity contribution in [1.82, 2.24) is 0 Å². The van der Waals surface area contributed by atoms with Crippen LogP contribution in [0.3, 0.4) is 0 Å². The number of fused-ring (bicyclic) bond motifs is 3. The minimum atomic E-state index is 0.212. The number of hydrogen-bond acceptors (Lipinski definition) is 3. The molecule has 3 nitrogen and oxygen atoms in total. The molecular formula is C21H30O3. The summed E-state index contributed by atoms with van der Waals surface area (Å²) in [6.45, 7) is 5.31. The number of allylic oxidation sites excluding steroid dienone is 1. The Hall–Kier alpha value is -1.48. The van der Waals surface area contributed by atoms with Crippen molar-refractivity contribution in [3.8, 4) is 11.5 Å². The molecule has 0 bridgehead atoms. The molecule has 0 saturated heterocycles.